The van der Waals surface area contributed by atoms with Gasteiger partial charge in [-0.05, 0) is 6.07 Å². The molecule has 0 bridgehead atoms. The fourth-order valence-electron chi connectivity index (χ4n) is 1.70. The number of piperazine rings is 1. The van der Waals surface area contributed by atoms with E-state index in [2.05, 4.69) is 15.1 Å². The third kappa shape index (κ3) is 3.25. The van der Waals surface area contributed by atoms with Crippen molar-refractivity contribution in [3.63, 3.8) is 0 Å². The van der Waals surface area contributed by atoms with Crippen molar-refractivity contribution in [3.05, 3.63) is 18.0 Å². The Bertz CT molecular complexity index is 463. The highest BCUT2D eigenvalue weighted by Gasteiger charge is 2.23. The quantitative estimate of drug-likeness (QED) is 0.701. The summed E-state index contributed by atoms with van der Waals surface area (Å²) in [6, 6.07) is 1.79. The maximum absolute atomic E-state index is 11.9. The molecule has 1 saturated heterocycles. The first-order chi connectivity index (χ1) is 8.08. The van der Waals surface area contributed by atoms with Crippen molar-refractivity contribution in [2.45, 2.75) is 6.54 Å². The molecule has 0 radical (unpaired) electrons. The number of hydrogen-bond acceptors (Lipinski definition) is 4. The minimum Gasteiger partial charge on any atom is -0.314 e. The standard InChI is InChI=1S/C9H17N5O2S/c1-13-5-2-9(12-13)8-11-17(15,16)14-6-3-10-4-7-14/h2,5,10-11H,3-4,6-8H2,1H3. The molecule has 0 aromatic carbocycles. The van der Waals surface area contributed by atoms with Crippen LogP contribution in [0, 0.1) is 0 Å². The summed E-state index contributed by atoms with van der Waals surface area (Å²) in [6.45, 7) is 2.65. The van der Waals surface area contributed by atoms with E-state index in [-0.39, 0.29) is 6.54 Å². The Balaban J connectivity index is 1.92. The van der Waals surface area contributed by atoms with E-state index in [1.54, 1.807) is 24.0 Å². The highest BCUT2D eigenvalue weighted by molar-refractivity contribution is 7.87. The summed E-state index contributed by atoms with van der Waals surface area (Å²) in [5.41, 5.74) is 0.714. The monoisotopic (exact) mass is 259 g/mol. The van der Waals surface area contributed by atoms with Crippen molar-refractivity contribution >= 4 is 10.2 Å². The van der Waals surface area contributed by atoms with Crippen molar-refractivity contribution in [2.75, 3.05) is 26.2 Å². The van der Waals surface area contributed by atoms with E-state index < -0.39 is 10.2 Å². The molecule has 0 aliphatic carbocycles. The van der Waals surface area contributed by atoms with E-state index in [1.807, 2.05) is 0 Å². The van der Waals surface area contributed by atoms with E-state index in [0.717, 1.165) is 0 Å². The minimum atomic E-state index is -3.38. The Morgan fingerprint density at radius 1 is 1.47 bits per heavy atom. The van der Waals surface area contributed by atoms with Crippen LogP contribution < -0.4 is 10.0 Å². The summed E-state index contributed by atoms with van der Waals surface area (Å²) < 4.78 is 29.5. The molecule has 2 heterocycles. The molecule has 0 amide bonds. The Kier molecular flexibility index (Phi) is 3.77. The summed E-state index contributed by atoms with van der Waals surface area (Å²) in [4.78, 5) is 0. The molecule has 1 aromatic rings. The molecular weight excluding hydrogens is 242 g/mol. The molecule has 1 aromatic heterocycles. The van der Waals surface area contributed by atoms with Gasteiger partial charge in [0.1, 0.15) is 0 Å². The molecule has 96 valence electrons. The summed E-state index contributed by atoms with van der Waals surface area (Å²) >= 11 is 0. The normalized spacial score (nSPS) is 18.4. The van der Waals surface area contributed by atoms with Gasteiger partial charge in [-0.1, -0.05) is 0 Å². The SMILES string of the molecule is Cn1ccc(CNS(=O)(=O)N2CCNCC2)n1. The number of nitrogens with zero attached hydrogens (tertiary/aromatic N) is 3. The maximum Gasteiger partial charge on any atom is 0.279 e. The third-order valence-corrected chi connectivity index (χ3v) is 4.17. The molecule has 2 rings (SSSR count). The van der Waals surface area contributed by atoms with Crippen molar-refractivity contribution in [1.82, 2.24) is 24.1 Å². The first kappa shape index (κ1) is 12.5. The van der Waals surface area contributed by atoms with Crippen LogP contribution in [0.25, 0.3) is 0 Å². The van der Waals surface area contributed by atoms with Crippen molar-refractivity contribution in [3.8, 4) is 0 Å². The zero-order valence-electron chi connectivity index (χ0n) is 9.76. The molecule has 17 heavy (non-hydrogen) atoms. The van der Waals surface area contributed by atoms with Gasteiger partial charge in [-0.2, -0.15) is 22.5 Å². The highest BCUT2D eigenvalue weighted by atomic mass is 32.2. The molecule has 0 saturated carbocycles. The number of hydrogen-bond donors (Lipinski definition) is 2. The second-order valence-electron chi connectivity index (χ2n) is 3.96. The lowest BCUT2D eigenvalue weighted by Crippen LogP contribution is -2.50. The lowest BCUT2D eigenvalue weighted by atomic mass is 10.4. The molecule has 0 unspecified atom stereocenters. The fourth-order valence-corrected chi connectivity index (χ4v) is 2.87. The Morgan fingerprint density at radius 2 is 2.18 bits per heavy atom. The molecule has 0 atom stereocenters. The minimum absolute atomic E-state index is 0.229. The predicted molar refractivity (Wildman–Crippen MR) is 63.4 cm³/mol. The number of rotatable bonds is 4. The Hall–Kier alpha value is -0.960. The Morgan fingerprint density at radius 3 is 2.76 bits per heavy atom. The molecule has 2 N–H and O–H groups in total. The third-order valence-electron chi connectivity index (χ3n) is 2.62. The van der Waals surface area contributed by atoms with Crippen molar-refractivity contribution in [1.29, 1.82) is 0 Å². The van der Waals surface area contributed by atoms with E-state index in [9.17, 15) is 8.42 Å². The van der Waals surface area contributed by atoms with E-state index in [0.29, 0.717) is 31.9 Å². The number of nitrogens with one attached hydrogen (secondary N) is 2. The van der Waals surface area contributed by atoms with E-state index >= 15 is 0 Å². The van der Waals surface area contributed by atoms with Crippen molar-refractivity contribution in [2.24, 2.45) is 7.05 Å². The van der Waals surface area contributed by atoms with Gasteiger partial charge in [-0.15, -0.1) is 0 Å². The average Bonchev–Trinajstić information content (AvgIpc) is 2.74. The molecule has 1 fully saturated rings. The largest absolute Gasteiger partial charge is 0.314 e. The first-order valence-electron chi connectivity index (χ1n) is 5.52. The second kappa shape index (κ2) is 5.13. The van der Waals surface area contributed by atoms with Gasteiger partial charge in [0.05, 0.1) is 12.2 Å². The first-order valence-corrected chi connectivity index (χ1v) is 6.96. The molecule has 0 spiro atoms. The van der Waals surface area contributed by atoms with Crippen LogP contribution in [-0.4, -0.2) is 48.7 Å². The van der Waals surface area contributed by atoms with Gasteiger partial charge in [0.25, 0.3) is 10.2 Å². The number of aryl methyl sites for hydroxylation is 1. The molecule has 1 aliphatic rings. The molecular formula is C9H17N5O2S. The van der Waals surface area contributed by atoms with Gasteiger partial charge < -0.3 is 5.32 Å². The zero-order valence-corrected chi connectivity index (χ0v) is 10.6. The molecule has 8 heteroatoms. The van der Waals surface area contributed by atoms with Crippen LogP contribution in [0.2, 0.25) is 0 Å². The van der Waals surface area contributed by atoms with E-state index in [4.69, 9.17) is 0 Å². The number of aromatic nitrogens is 2. The fraction of sp³-hybridized carbons (Fsp3) is 0.667. The van der Waals surface area contributed by atoms with Gasteiger partial charge in [0.15, 0.2) is 0 Å². The van der Waals surface area contributed by atoms with Gasteiger partial charge in [-0.3, -0.25) is 4.68 Å². The van der Waals surface area contributed by atoms with Gasteiger partial charge in [0.2, 0.25) is 0 Å². The average molecular weight is 259 g/mol. The van der Waals surface area contributed by atoms with Crippen LogP contribution in [0.15, 0.2) is 12.3 Å². The smallest absolute Gasteiger partial charge is 0.279 e. The van der Waals surface area contributed by atoms with Gasteiger partial charge in [-0.25, -0.2) is 0 Å². The topological polar surface area (TPSA) is 79.3 Å². The van der Waals surface area contributed by atoms with Gasteiger partial charge in [0, 0.05) is 39.4 Å². The highest BCUT2D eigenvalue weighted by Crippen LogP contribution is 2.01. The van der Waals surface area contributed by atoms with Crippen LogP contribution >= 0.6 is 0 Å². The lowest BCUT2D eigenvalue weighted by molar-refractivity contribution is 0.354. The van der Waals surface area contributed by atoms with Crippen LogP contribution in [0.4, 0.5) is 0 Å². The lowest BCUT2D eigenvalue weighted by Gasteiger charge is -2.26. The predicted octanol–water partition coefficient (Wildman–Crippen LogP) is -1.34. The van der Waals surface area contributed by atoms with Crippen molar-refractivity contribution < 1.29 is 8.42 Å². The van der Waals surface area contributed by atoms with Crippen LogP contribution in [0.5, 0.6) is 0 Å². The van der Waals surface area contributed by atoms with Crippen LogP contribution in [0.3, 0.4) is 0 Å². The Labute approximate surface area is 101 Å². The van der Waals surface area contributed by atoms with Gasteiger partial charge >= 0.3 is 0 Å². The summed E-state index contributed by atoms with van der Waals surface area (Å²) in [6.07, 6.45) is 1.79. The van der Waals surface area contributed by atoms with E-state index in [1.165, 1.54) is 4.31 Å². The second-order valence-corrected chi connectivity index (χ2v) is 5.71. The summed E-state index contributed by atoms with van der Waals surface area (Å²) in [7, 11) is -1.58. The maximum atomic E-state index is 11.9. The molecule has 7 nitrogen and oxygen atoms in total. The molecule has 1 aliphatic heterocycles. The zero-order chi connectivity index (χ0) is 12.3. The van der Waals surface area contributed by atoms with Crippen LogP contribution in [-0.2, 0) is 23.8 Å². The van der Waals surface area contributed by atoms with Crippen LogP contribution in [0.1, 0.15) is 5.69 Å². The summed E-state index contributed by atoms with van der Waals surface area (Å²) in [5, 5.41) is 7.23. The summed E-state index contributed by atoms with van der Waals surface area (Å²) in [5.74, 6) is 0.